The van der Waals surface area contributed by atoms with Crippen LogP contribution in [0.3, 0.4) is 0 Å². The number of aromatic hydroxyl groups is 1. The van der Waals surface area contributed by atoms with Crippen LogP contribution in [-0.2, 0) is 22.4 Å². The van der Waals surface area contributed by atoms with Gasteiger partial charge in [0.15, 0.2) is 6.04 Å². The molecule has 3 aromatic rings. The van der Waals surface area contributed by atoms with E-state index in [2.05, 4.69) is 16.6 Å². The average Bonchev–Trinajstić information content (AvgIpc) is 3.10. The third kappa shape index (κ3) is 4.08. The van der Waals surface area contributed by atoms with Crippen LogP contribution in [-0.4, -0.2) is 35.4 Å². The Morgan fingerprint density at radius 1 is 1.26 bits per heavy atom. The summed E-state index contributed by atoms with van der Waals surface area (Å²) in [4.78, 5) is 19.8. The fourth-order valence-electron chi connectivity index (χ4n) is 3.05. The lowest BCUT2D eigenvalue weighted by atomic mass is 10.0. The molecule has 0 saturated carbocycles. The first-order valence-electron chi connectivity index (χ1n) is 8.71. The Morgan fingerprint density at radius 3 is 2.85 bits per heavy atom. The lowest BCUT2D eigenvalue weighted by molar-refractivity contribution is -0.142. The smallest absolute Gasteiger partial charge is 0.330 e. The number of nitrogens with one attached hydrogen (secondary N) is 1. The Labute approximate surface area is 158 Å². The number of carbonyl (C=O) groups excluding carboxylic acids is 1. The van der Waals surface area contributed by atoms with Gasteiger partial charge in [0.25, 0.3) is 0 Å². The molecule has 0 aliphatic rings. The normalized spacial score (nSPS) is 12.3. The van der Waals surface area contributed by atoms with Gasteiger partial charge < -0.3 is 14.8 Å². The topological polar surface area (TPSA) is 74.7 Å². The van der Waals surface area contributed by atoms with Crippen LogP contribution < -0.4 is 0 Å². The van der Waals surface area contributed by atoms with E-state index in [1.807, 2.05) is 42.6 Å². The van der Waals surface area contributed by atoms with Gasteiger partial charge in [-0.15, -0.1) is 6.58 Å². The van der Waals surface area contributed by atoms with Crippen molar-refractivity contribution in [2.75, 3.05) is 7.11 Å². The first-order chi connectivity index (χ1) is 13.1. The molecule has 5 nitrogen and oxygen atoms in total. The minimum atomic E-state index is -0.698. The molecule has 1 aromatic heterocycles. The van der Waals surface area contributed by atoms with Crippen LogP contribution in [0.5, 0.6) is 5.75 Å². The second kappa shape index (κ2) is 8.36. The van der Waals surface area contributed by atoms with Crippen LogP contribution in [0.25, 0.3) is 10.9 Å². The summed E-state index contributed by atoms with van der Waals surface area (Å²) in [5.74, 6) is -0.268. The average molecular weight is 362 g/mol. The molecule has 0 amide bonds. The second-order valence-electron chi connectivity index (χ2n) is 6.23. The molecule has 0 fully saturated rings. The number of nitrogens with zero attached hydrogens (tertiary/aromatic N) is 1. The number of methoxy groups -OCH3 is 1. The highest BCUT2D eigenvalue weighted by Crippen LogP contribution is 2.23. The summed E-state index contributed by atoms with van der Waals surface area (Å²) in [5.41, 5.74) is 3.32. The van der Waals surface area contributed by atoms with Gasteiger partial charge in [0.2, 0.25) is 0 Å². The summed E-state index contributed by atoms with van der Waals surface area (Å²) in [6.07, 6.45) is 6.10. The fraction of sp³-hybridized carbons (Fsp3) is 0.182. The van der Waals surface area contributed by atoms with Crippen LogP contribution in [0, 0.1) is 0 Å². The number of benzene rings is 2. The van der Waals surface area contributed by atoms with Crippen molar-refractivity contribution in [3.63, 3.8) is 0 Å². The predicted octanol–water partition coefficient (Wildman–Crippen LogP) is 3.81. The van der Waals surface area contributed by atoms with E-state index in [0.717, 1.165) is 22.0 Å². The summed E-state index contributed by atoms with van der Waals surface area (Å²) in [6.45, 7) is 3.69. The number of hydrogen-bond acceptors (Lipinski definition) is 4. The van der Waals surface area contributed by atoms with Crippen molar-refractivity contribution in [2.24, 2.45) is 4.99 Å². The molecule has 0 unspecified atom stereocenters. The molecule has 0 bridgehead atoms. The number of carbonyl (C=O) groups is 1. The number of rotatable bonds is 7. The molecule has 5 heteroatoms. The second-order valence-corrected chi connectivity index (χ2v) is 6.23. The van der Waals surface area contributed by atoms with E-state index >= 15 is 0 Å². The fourth-order valence-corrected chi connectivity index (χ4v) is 3.05. The van der Waals surface area contributed by atoms with Crippen molar-refractivity contribution in [3.05, 3.63) is 78.0 Å². The number of H-pyrrole nitrogens is 1. The maximum atomic E-state index is 12.2. The van der Waals surface area contributed by atoms with Gasteiger partial charge in [0.1, 0.15) is 5.75 Å². The van der Waals surface area contributed by atoms with Crippen molar-refractivity contribution in [2.45, 2.75) is 18.9 Å². The quantitative estimate of drug-likeness (QED) is 0.381. The summed E-state index contributed by atoms with van der Waals surface area (Å²) < 4.78 is 4.92. The monoisotopic (exact) mass is 362 g/mol. The Hall–Kier alpha value is -3.34. The number of phenolic OH excluding ortho intramolecular Hbond substituents is 1. The number of phenols is 1. The molecule has 3 rings (SSSR count). The minimum Gasteiger partial charge on any atom is -0.507 e. The van der Waals surface area contributed by atoms with Crippen molar-refractivity contribution in [3.8, 4) is 5.75 Å². The third-order valence-corrected chi connectivity index (χ3v) is 4.47. The molecule has 2 N–H and O–H groups in total. The highest BCUT2D eigenvalue weighted by molar-refractivity contribution is 5.88. The van der Waals surface area contributed by atoms with Crippen molar-refractivity contribution < 1.29 is 14.6 Å². The lowest BCUT2D eigenvalue weighted by Crippen LogP contribution is -2.23. The van der Waals surface area contributed by atoms with Crippen LogP contribution in [0.1, 0.15) is 16.7 Å². The highest BCUT2D eigenvalue weighted by atomic mass is 16.5. The number of esters is 1. The van der Waals surface area contributed by atoms with Crippen LogP contribution in [0.15, 0.2) is 66.3 Å². The first kappa shape index (κ1) is 18.5. The number of aromatic amines is 1. The molecule has 0 spiro atoms. The molecule has 1 heterocycles. The van der Waals surface area contributed by atoms with Crippen molar-refractivity contribution in [1.82, 2.24) is 4.98 Å². The predicted molar refractivity (Wildman–Crippen MR) is 107 cm³/mol. The van der Waals surface area contributed by atoms with Gasteiger partial charge in [-0.25, -0.2) is 4.79 Å². The zero-order chi connectivity index (χ0) is 19.2. The molecule has 0 saturated heterocycles. The summed E-state index contributed by atoms with van der Waals surface area (Å²) in [5, 5.41) is 11.4. The van der Waals surface area contributed by atoms with Gasteiger partial charge in [0, 0.05) is 35.3 Å². The van der Waals surface area contributed by atoms with Gasteiger partial charge in [-0.05, 0) is 29.7 Å². The van der Waals surface area contributed by atoms with Crippen LogP contribution >= 0.6 is 0 Å². The minimum absolute atomic E-state index is 0.150. The van der Waals surface area contributed by atoms with E-state index in [4.69, 9.17) is 4.74 Å². The number of allylic oxidation sites excluding steroid dienone is 1. The van der Waals surface area contributed by atoms with Crippen LogP contribution in [0.2, 0.25) is 0 Å². The molecule has 27 heavy (non-hydrogen) atoms. The number of para-hydroxylation sites is 2. The molecule has 2 aromatic carbocycles. The highest BCUT2D eigenvalue weighted by Gasteiger charge is 2.20. The Kier molecular flexibility index (Phi) is 5.71. The number of fused-ring (bicyclic) bond motifs is 1. The molecular formula is C22H22N2O3. The van der Waals surface area contributed by atoms with Crippen molar-refractivity contribution >= 4 is 23.1 Å². The molecule has 0 aliphatic heterocycles. The van der Waals surface area contributed by atoms with Gasteiger partial charge in [-0.2, -0.15) is 0 Å². The number of aromatic nitrogens is 1. The van der Waals surface area contributed by atoms with E-state index in [9.17, 15) is 9.90 Å². The van der Waals surface area contributed by atoms with Gasteiger partial charge in [0.05, 0.1) is 7.11 Å². The Bertz CT molecular complexity index is 988. The zero-order valence-electron chi connectivity index (χ0n) is 15.2. The number of hydrogen-bond donors (Lipinski definition) is 2. The molecular weight excluding hydrogens is 340 g/mol. The maximum Gasteiger partial charge on any atom is 0.330 e. The largest absolute Gasteiger partial charge is 0.507 e. The van der Waals surface area contributed by atoms with Gasteiger partial charge in [-0.3, -0.25) is 4.99 Å². The zero-order valence-corrected chi connectivity index (χ0v) is 15.2. The van der Waals surface area contributed by atoms with E-state index in [1.165, 1.54) is 13.3 Å². The SMILES string of the molecule is C=CCc1cccc(C=N[C@@H](Cc2c[nH]c3ccccc23)C(=O)OC)c1O. The summed E-state index contributed by atoms with van der Waals surface area (Å²) in [7, 11) is 1.35. The first-order valence-corrected chi connectivity index (χ1v) is 8.71. The van der Waals surface area contributed by atoms with E-state index in [-0.39, 0.29) is 5.75 Å². The van der Waals surface area contributed by atoms with E-state index in [1.54, 1.807) is 12.1 Å². The number of ether oxygens (including phenoxy) is 1. The van der Waals surface area contributed by atoms with E-state index < -0.39 is 12.0 Å². The summed E-state index contributed by atoms with van der Waals surface area (Å²) in [6, 6.07) is 12.6. The molecule has 138 valence electrons. The molecule has 0 radical (unpaired) electrons. The standard InChI is InChI=1S/C22H22N2O3/c1-3-7-15-8-6-9-16(21(15)25)13-24-20(22(26)27-2)12-17-14-23-19-11-5-4-10-18(17)19/h3-6,8-11,13-14,20,23,25H,1,7,12H2,2H3/t20-/m0/s1. The Morgan fingerprint density at radius 2 is 2.07 bits per heavy atom. The van der Waals surface area contributed by atoms with Crippen molar-refractivity contribution in [1.29, 1.82) is 0 Å². The summed E-state index contributed by atoms with van der Waals surface area (Å²) >= 11 is 0. The van der Waals surface area contributed by atoms with Gasteiger partial charge >= 0.3 is 5.97 Å². The van der Waals surface area contributed by atoms with Crippen LogP contribution in [0.4, 0.5) is 0 Å². The third-order valence-electron chi connectivity index (χ3n) is 4.47. The Balaban J connectivity index is 1.88. The van der Waals surface area contributed by atoms with E-state index in [0.29, 0.717) is 18.4 Å². The van der Waals surface area contributed by atoms with Gasteiger partial charge in [-0.1, -0.05) is 36.4 Å². The maximum absolute atomic E-state index is 12.2. The molecule has 0 aliphatic carbocycles. The number of aliphatic imine (C=N–C) groups is 1. The molecule has 1 atom stereocenters. The lowest BCUT2D eigenvalue weighted by Gasteiger charge is -2.10.